The van der Waals surface area contributed by atoms with Crippen LogP contribution in [0.25, 0.3) is 0 Å². The Balaban J connectivity index is 1.52. The van der Waals surface area contributed by atoms with E-state index in [1.54, 1.807) is 42.6 Å². The number of carbonyl (C=O) groups is 2. The van der Waals surface area contributed by atoms with Crippen molar-refractivity contribution >= 4 is 42.5 Å². The van der Waals surface area contributed by atoms with E-state index in [2.05, 4.69) is 20.6 Å². The van der Waals surface area contributed by atoms with Crippen LogP contribution in [0.3, 0.4) is 0 Å². The van der Waals surface area contributed by atoms with Gasteiger partial charge in [-0.3, -0.25) is 14.6 Å². The minimum absolute atomic E-state index is 0.120. The van der Waals surface area contributed by atoms with Gasteiger partial charge in [0.05, 0.1) is 23.4 Å². The highest BCUT2D eigenvalue weighted by atomic mass is 19.1. The summed E-state index contributed by atoms with van der Waals surface area (Å²) in [5, 5.41) is 5.34. The molecule has 7 nitrogen and oxygen atoms in total. The number of hydrogen-bond donors (Lipinski definition) is 2. The van der Waals surface area contributed by atoms with E-state index < -0.39 is 17.6 Å². The van der Waals surface area contributed by atoms with Crippen LogP contribution in [-0.4, -0.2) is 55.5 Å². The molecule has 2 heterocycles. The second kappa shape index (κ2) is 9.01. The van der Waals surface area contributed by atoms with Crippen LogP contribution < -0.4 is 16.1 Å². The van der Waals surface area contributed by atoms with Gasteiger partial charge >= 0.3 is 0 Å². The number of amidine groups is 1. The molecule has 1 aliphatic heterocycles. The molecule has 2 amide bonds. The number of para-hydroxylation sites is 1. The van der Waals surface area contributed by atoms with Gasteiger partial charge in [0.2, 0.25) is 0 Å². The minimum atomic E-state index is -0.659. The Morgan fingerprint density at radius 2 is 1.81 bits per heavy atom. The minimum Gasteiger partial charge on any atom is -0.358 e. The van der Waals surface area contributed by atoms with E-state index in [9.17, 15) is 14.0 Å². The van der Waals surface area contributed by atoms with E-state index in [0.717, 1.165) is 12.0 Å². The lowest BCUT2D eigenvalue weighted by Gasteiger charge is -2.15. The van der Waals surface area contributed by atoms with Crippen molar-refractivity contribution in [2.45, 2.75) is 0 Å². The largest absolute Gasteiger partial charge is 0.358 e. The summed E-state index contributed by atoms with van der Waals surface area (Å²) in [4.78, 5) is 36.0. The van der Waals surface area contributed by atoms with Gasteiger partial charge in [0.15, 0.2) is 0 Å². The standard InChI is InChI=1S/C23H21BFN5O2/c1-30-11-10-26-21(30)14-6-8-16(18(25)12-14)22(31)28-19-5-3-2-4-17(19)23(32)29-20-9-7-15(24)13-27-20/h2-9,12-13H,10-11,24H2,1H3,(H,28,31)(H,27,29,32). The average molecular weight is 429 g/mol. The molecule has 0 bridgehead atoms. The fraction of sp³-hybridized carbons (Fsp3) is 0.130. The normalized spacial score (nSPS) is 12.9. The number of likely N-dealkylation sites (N-methyl/N-ethyl adjacent to an activating group) is 1. The summed E-state index contributed by atoms with van der Waals surface area (Å²) in [6, 6.07) is 14.4. The zero-order chi connectivity index (χ0) is 22.7. The van der Waals surface area contributed by atoms with Gasteiger partial charge in [0, 0.05) is 25.4 Å². The van der Waals surface area contributed by atoms with Gasteiger partial charge in [0.1, 0.15) is 25.3 Å². The number of hydrogen-bond acceptors (Lipinski definition) is 5. The Morgan fingerprint density at radius 1 is 1.03 bits per heavy atom. The van der Waals surface area contributed by atoms with Crippen molar-refractivity contribution in [3.05, 3.63) is 83.3 Å². The molecule has 1 aliphatic rings. The van der Waals surface area contributed by atoms with E-state index >= 15 is 0 Å². The molecule has 160 valence electrons. The second-order valence-electron chi connectivity index (χ2n) is 7.50. The Kier molecular flexibility index (Phi) is 5.98. The Labute approximate surface area is 185 Å². The molecule has 1 aromatic heterocycles. The number of nitrogens with one attached hydrogen (secondary N) is 2. The zero-order valence-corrected chi connectivity index (χ0v) is 17.7. The van der Waals surface area contributed by atoms with Crippen molar-refractivity contribution in [3.8, 4) is 0 Å². The van der Waals surface area contributed by atoms with Crippen LogP contribution >= 0.6 is 0 Å². The van der Waals surface area contributed by atoms with E-state index in [1.165, 1.54) is 12.1 Å². The lowest BCUT2D eigenvalue weighted by atomic mass is 9.99. The number of amides is 2. The Morgan fingerprint density at radius 3 is 2.50 bits per heavy atom. The van der Waals surface area contributed by atoms with Crippen LogP contribution in [0, 0.1) is 5.82 Å². The molecule has 0 unspecified atom stereocenters. The lowest BCUT2D eigenvalue weighted by molar-refractivity contribution is 0.102. The molecule has 0 radical (unpaired) electrons. The topological polar surface area (TPSA) is 86.7 Å². The summed E-state index contributed by atoms with van der Waals surface area (Å²) in [5.41, 5.74) is 1.97. The maximum Gasteiger partial charge on any atom is 0.258 e. The summed E-state index contributed by atoms with van der Waals surface area (Å²) in [5.74, 6) is -0.653. The van der Waals surface area contributed by atoms with Crippen molar-refractivity contribution in [1.29, 1.82) is 0 Å². The molecule has 0 atom stereocenters. The maximum absolute atomic E-state index is 14.7. The second-order valence-corrected chi connectivity index (χ2v) is 7.50. The average Bonchev–Trinajstić information content (AvgIpc) is 3.21. The molecule has 0 saturated heterocycles. The quantitative estimate of drug-likeness (QED) is 0.605. The van der Waals surface area contributed by atoms with Gasteiger partial charge in [0.25, 0.3) is 11.8 Å². The maximum atomic E-state index is 14.7. The number of rotatable bonds is 5. The van der Waals surface area contributed by atoms with Crippen molar-refractivity contribution in [1.82, 2.24) is 9.88 Å². The van der Waals surface area contributed by atoms with Gasteiger partial charge < -0.3 is 15.5 Å². The third-order valence-electron chi connectivity index (χ3n) is 5.10. The van der Waals surface area contributed by atoms with Crippen LogP contribution in [0.5, 0.6) is 0 Å². The van der Waals surface area contributed by atoms with E-state index in [4.69, 9.17) is 0 Å². The molecular weight excluding hydrogens is 408 g/mol. The molecular formula is C23H21BFN5O2. The van der Waals surface area contributed by atoms with Crippen LogP contribution in [-0.2, 0) is 0 Å². The molecule has 0 spiro atoms. The SMILES string of the molecule is Bc1ccc(NC(=O)c2ccccc2NC(=O)c2ccc(C3=NCCN3C)cc2F)nc1. The molecule has 0 aliphatic carbocycles. The lowest BCUT2D eigenvalue weighted by Crippen LogP contribution is -2.24. The van der Waals surface area contributed by atoms with Crippen LogP contribution in [0.2, 0.25) is 0 Å². The molecule has 2 aromatic carbocycles. The summed E-state index contributed by atoms with van der Waals surface area (Å²) in [6.45, 7) is 1.43. The van der Waals surface area contributed by atoms with Gasteiger partial charge in [-0.25, -0.2) is 9.37 Å². The van der Waals surface area contributed by atoms with Crippen LogP contribution in [0.1, 0.15) is 26.3 Å². The highest BCUT2D eigenvalue weighted by Gasteiger charge is 2.20. The molecule has 3 aromatic rings. The fourth-order valence-corrected chi connectivity index (χ4v) is 3.39. The van der Waals surface area contributed by atoms with E-state index in [-0.39, 0.29) is 16.8 Å². The third-order valence-corrected chi connectivity index (χ3v) is 5.10. The molecule has 9 heteroatoms. The van der Waals surface area contributed by atoms with E-state index in [1.807, 2.05) is 25.9 Å². The first-order valence-electron chi connectivity index (χ1n) is 10.1. The first kappa shape index (κ1) is 21.2. The van der Waals surface area contributed by atoms with Crippen LogP contribution in [0.4, 0.5) is 15.9 Å². The summed E-state index contributed by atoms with van der Waals surface area (Å²) in [7, 11) is 3.78. The fourth-order valence-electron chi connectivity index (χ4n) is 3.39. The molecule has 0 fully saturated rings. The summed E-state index contributed by atoms with van der Waals surface area (Å²) >= 11 is 0. The number of carbonyl (C=O) groups excluding carboxylic acids is 2. The van der Waals surface area contributed by atoms with Crippen molar-refractivity contribution < 1.29 is 14.0 Å². The predicted octanol–water partition coefficient (Wildman–Crippen LogP) is 1.68. The number of aromatic nitrogens is 1. The molecule has 0 saturated carbocycles. The predicted molar refractivity (Wildman–Crippen MR) is 125 cm³/mol. The van der Waals surface area contributed by atoms with Gasteiger partial charge in [-0.1, -0.05) is 29.7 Å². The van der Waals surface area contributed by atoms with Crippen molar-refractivity contribution in [3.63, 3.8) is 0 Å². The van der Waals surface area contributed by atoms with Crippen molar-refractivity contribution in [2.75, 3.05) is 30.8 Å². The smallest absolute Gasteiger partial charge is 0.258 e. The van der Waals surface area contributed by atoms with Gasteiger partial charge in [-0.15, -0.1) is 0 Å². The number of nitrogens with zero attached hydrogens (tertiary/aromatic N) is 3. The van der Waals surface area contributed by atoms with Crippen LogP contribution in [0.15, 0.2) is 65.8 Å². The molecule has 32 heavy (non-hydrogen) atoms. The Bertz CT molecular complexity index is 1210. The number of benzene rings is 2. The first-order valence-corrected chi connectivity index (χ1v) is 10.1. The highest BCUT2D eigenvalue weighted by Crippen LogP contribution is 2.20. The number of pyridine rings is 1. The zero-order valence-electron chi connectivity index (χ0n) is 17.7. The highest BCUT2D eigenvalue weighted by molar-refractivity contribution is 6.32. The van der Waals surface area contributed by atoms with Crippen molar-refractivity contribution in [2.24, 2.45) is 4.99 Å². The monoisotopic (exact) mass is 429 g/mol. The summed E-state index contributed by atoms with van der Waals surface area (Å²) in [6.07, 6.45) is 1.64. The third kappa shape index (κ3) is 4.51. The van der Waals surface area contributed by atoms with Gasteiger partial charge in [-0.05, 0) is 30.3 Å². The van der Waals surface area contributed by atoms with Gasteiger partial charge in [-0.2, -0.15) is 0 Å². The Hall–Kier alpha value is -4.01. The molecule has 4 rings (SSSR count). The first-order chi connectivity index (χ1) is 15.4. The van der Waals surface area contributed by atoms with E-state index in [0.29, 0.717) is 23.8 Å². The number of halogens is 1. The summed E-state index contributed by atoms with van der Waals surface area (Å²) < 4.78 is 14.7. The number of anilines is 2. The number of aliphatic imine (C=N–C) groups is 1. The molecule has 2 N–H and O–H groups in total.